The topological polar surface area (TPSA) is 31.6 Å². The molecule has 3 nitrogen and oxygen atoms in total. The van der Waals surface area contributed by atoms with Crippen LogP contribution in [-0.2, 0) is 5.41 Å². The van der Waals surface area contributed by atoms with E-state index in [1.807, 2.05) is 36.4 Å². The van der Waals surface area contributed by atoms with Crippen molar-refractivity contribution in [2.24, 2.45) is 0 Å². The number of ether oxygens (including phenoxy) is 1. The molecule has 0 aliphatic rings. The molecule has 1 aromatic heterocycles. The van der Waals surface area contributed by atoms with E-state index in [1.54, 1.807) is 0 Å². The maximum Gasteiger partial charge on any atom is 0.229 e. The van der Waals surface area contributed by atoms with E-state index in [0.29, 0.717) is 23.3 Å². The maximum atomic E-state index is 6.33. The lowest BCUT2D eigenvalue weighted by molar-refractivity contribution is 0.334. The SMILES string of the molecule is C[SiH](C)Oc1ccc2oc(-c3ccc(Cl)cc3)c(C(C)(C)C)c2c1OCCCl. The number of rotatable bonds is 6. The number of hydrogen-bond acceptors (Lipinski definition) is 3. The van der Waals surface area contributed by atoms with E-state index in [2.05, 4.69) is 33.9 Å². The van der Waals surface area contributed by atoms with E-state index in [4.69, 9.17) is 36.8 Å². The second-order valence-corrected chi connectivity index (χ2v) is 11.2. The van der Waals surface area contributed by atoms with Gasteiger partial charge in [-0.25, -0.2) is 0 Å². The second kappa shape index (κ2) is 8.40. The van der Waals surface area contributed by atoms with Crippen molar-refractivity contribution >= 4 is 43.2 Å². The third-order valence-corrected chi connectivity index (χ3v) is 5.45. The summed E-state index contributed by atoms with van der Waals surface area (Å²) in [7, 11) is -1.31. The molecule has 0 amide bonds. The molecule has 0 aliphatic carbocycles. The summed E-state index contributed by atoms with van der Waals surface area (Å²) in [6.45, 7) is 11.2. The first-order valence-corrected chi connectivity index (χ1v) is 13.1. The van der Waals surface area contributed by atoms with Crippen molar-refractivity contribution in [2.45, 2.75) is 39.3 Å². The van der Waals surface area contributed by atoms with Crippen molar-refractivity contribution < 1.29 is 13.6 Å². The molecule has 0 bridgehead atoms. The Kier molecular flexibility index (Phi) is 6.33. The van der Waals surface area contributed by atoms with Crippen LogP contribution in [0.4, 0.5) is 0 Å². The molecule has 3 rings (SSSR count). The number of furan rings is 1. The Balaban J connectivity index is 2.33. The average molecular weight is 437 g/mol. The third-order valence-electron chi connectivity index (χ3n) is 4.32. The Morgan fingerprint density at radius 3 is 2.29 bits per heavy atom. The summed E-state index contributed by atoms with van der Waals surface area (Å²) in [5.74, 6) is 2.71. The summed E-state index contributed by atoms with van der Waals surface area (Å²) in [6, 6.07) is 11.6. The second-order valence-electron chi connectivity index (χ2n) is 8.03. The van der Waals surface area contributed by atoms with Gasteiger partial charge in [-0.3, -0.25) is 0 Å². The maximum absolute atomic E-state index is 6.33. The van der Waals surface area contributed by atoms with E-state index in [0.717, 1.165) is 33.6 Å². The van der Waals surface area contributed by atoms with Crippen LogP contribution in [-0.4, -0.2) is 21.5 Å². The van der Waals surface area contributed by atoms with Gasteiger partial charge in [0.2, 0.25) is 9.04 Å². The van der Waals surface area contributed by atoms with E-state index >= 15 is 0 Å². The van der Waals surface area contributed by atoms with Crippen LogP contribution < -0.4 is 9.16 Å². The summed E-state index contributed by atoms with van der Waals surface area (Å²) in [6.07, 6.45) is 0. The zero-order chi connectivity index (χ0) is 20.5. The molecule has 0 atom stereocenters. The highest BCUT2D eigenvalue weighted by Crippen LogP contribution is 2.48. The lowest BCUT2D eigenvalue weighted by Crippen LogP contribution is -2.14. The highest BCUT2D eigenvalue weighted by atomic mass is 35.5. The summed E-state index contributed by atoms with van der Waals surface area (Å²) in [5.41, 5.74) is 2.67. The number of benzene rings is 2. The van der Waals surface area contributed by atoms with Crippen molar-refractivity contribution in [3.63, 3.8) is 0 Å². The first-order chi connectivity index (χ1) is 13.2. The largest absolute Gasteiger partial charge is 0.544 e. The molecule has 28 heavy (non-hydrogen) atoms. The highest BCUT2D eigenvalue weighted by Gasteiger charge is 2.30. The van der Waals surface area contributed by atoms with Gasteiger partial charge in [-0.1, -0.05) is 32.4 Å². The summed E-state index contributed by atoms with van der Waals surface area (Å²) < 4.78 is 18.6. The molecular weight excluding hydrogens is 411 g/mol. The molecule has 0 N–H and O–H groups in total. The van der Waals surface area contributed by atoms with Gasteiger partial charge >= 0.3 is 0 Å². The number of alkyl halides is 1. The standard InChI is InChI=1S/C22H26Cl2O3Si/c1-22(2,3)19-18-16(26-20(19)14-6-8-15(24)9-7-14)10-11-17(27-28(4)5)21(18)25-13-12-23/h6-11,28H,12-13H2,1-5H3. The van der Waals surface area contributed by atoms with Crippen LogP contribution in [0.25, 0.3) is 22.3 Å². The average Bonchev–Trinajstić information content (AvgIpc) is 3.01. The number of halogens is 2. The Labute approximate surface area is 178 Å². The molecule has 0 spiro atoms. The first kappa shape index (κ1) is 21.1. The van der Waals surface area contributed by atoms with Gasteiger partial charge in [0.15, 0.2) is 5.75 Å². The zero-order valence-electron chi connectivity index (χ0n) is 16.9. The fraction of sp³-hybridized carbons (Fsp3) is 0.364. The molecule has 150 valence electrons. The molecule has 3 aromatic rings. The fourth-order valence-corrected chi connectivity index (χ4v) is 4.19. The first-order valence-electron chi connectivity index (χ1n) is 9.43. The van der Waals surface area contributed by atoms with Crippen LogP contribution in [0.15, 0.2) is 40.8 Å². The molecule has 0 aliphatic heterocycles. The van der Waals surface area contributed by atoms with E-state index < -0.39 is 9.04 Å². The quantitative estimate of drug-likeness (QED) is 0.306. The predicted molar refractivity (Wildman–Crippen MR) is 121 cm³/mol. The van der Waals surface area contributed by atoms with Crippen molar-refractivity contribution in [3.8, 4) is 22.8 Å². The van der Waals surface area contributed by atoms with Gasteiger partial charge in [-0.05, 0) is 54.9 Å². The predicted octanol–water partition coefficient (Wildman–Crippen LogP) is 7.03. The molecule has 0 radical (unpaired) electrons. The van der Waals surface area contributed by atoms with Crippen molar-refractivity contribution in [1.82, 2.24) is 0 Å². The highest BCUT2D eigenvalue weighted by molar-refractivity contribution is 6.49. The van der Waals surface area contributed by atoms with Gasteiger partial charge < -0.3 is 13.6 Å². The Morgan fingerprint density at radius 2 is 1.71 bits per heavy atom. The minimum Gasteiger partial charge on any atom is -0.544 e. The monoisotopic (exact) mass is 436 g/mol. The third kappa shape index (κ3) is 4.34. The molecule has 1 heterocycles. The van der Waals surface area contributed by atoms with Gasteiger partial charge in [0.25, 0.3) is 0 Å². The molecule has 0 saturated carbocycles. The Morgan fingerprint density at radius 1 is 1.04 bits per heavy atom. The number of hydrogen-bond donors (Lipinski definition) is 0. The number of fused-ring (bicyclic) bond motifs is 1. The summed E-state index contributed by atoms with van der Waals surface area (Å²) >= 11 is 12.0. The molecular formula is C22H26Cl2O3Si. The van der Waals surface area contributed by atoms with Crippen molar-refractivity contribution in [3.05, 3.63) is 47.0 Å². The van der Waals surface area contributed by atoms with E-state index in [1.165, 1.54) is 0 Å². The smallest absolute Gasteiger partial charge is 0.229 e. The lowest BCUT2D eigenvalue weighted by Gasteiger charge is -2.22. The summed E-state index contributed by atoms with van der Waals surface area (Å²) in [5, 5.41) is 1.65. The van der Waals surface area contributed by atoms with Crippen LogP contribution in [0.3, 0.4) is 0 Å². The normalized spacial score (nSPS) is 12.0. The minimum atomic E-state index is -1.31. The van der Waals surface area contributed by atoms with E-state index in [9.17, 15) is 0 Å². The van der Waals surface area contributed by atoms with Gasteiger partial charge in [-0.2, -0.15) is 0 Å². The zero-order valence-corrected chi connectivity index (χ0v) is 19.6. The van der Waals surface area contributed by atoms with Gasteiger partial charge in [-0.15, -0.1) is 11.6 Å². The van der Waals surface area contributed by atoms with Crippen molar-refractivity contribution in [1.29, 1.82) is 0 Å². The Hall–Kier alpha value is -1.62. The van der Waals surface area contributed by atoms with Crippen LogP contribution >= 0.6 is 23.2 Å². The molecule has 2 aromatic carbocycles. The lowest BCUT2D eigenvalue weighted by atomic mass is 9.83. The van der Waals surface area contributed by atoms with Gasteiger partial charge in [0.1, 0.15) is 23.7 Å². The van der Waals surface area contributed by atoms with Crippen LogP contribution in [0.1, 0.15) is 26.3 Å². The van der Waals surface area contributed by atoms with Gasteiger partial charge in [0.05, 0.1) is 11.3 Å². The molecule has 0 saturated heterocycles. The van der Waals surface area contributed by atoms with Crippen LogP contribution in [0, 0.1) is 0 Å². The van der Waals surface area contributed by atoms with Gasteiger partial charge in [0, 0.05) is 16.1 Å². The van der Waals surface area contributed by atoms with Crippen LogP contribution in [0.5, 0.6) is 11.5 Å². The Bertz CT molecular complexity index is 957. The van der Waals surface area contributed by atoms with Crippen LogP contribution in [0.2, 0.25) is 18.1 Å². The fourth-order valence-electron chi connectivity index (χ4n) is 3.29. The summed E-state index contributed by atoms with van der Waals surface area (Å²) in [4.78, 5) is 0. The minimum absolute atomic E-state index is 0.173. The molecule has 0 fully saturated rings. The van der Waals surface area contributed by atoms with Crippen molar-refractivity contribution in [2.75, 3.05) is 12.5 Å². The van der Waals surface area contributed by atoms with E-state index in [-0.39, 0.29) is 5.41 Å². The molecule has 0 unspecified atom stereocenters. The molecule has 6 heteroatoms.